The summed E-state index contributed by atoms with van der Waals surface area (Å²) in [5.74, 6) is 0.399. The largest absolute Gasteiger partial charge is 0.398 e. The molecule has 20 heavy (non-hydrogen) atoms. The van der Waals surface area contributed by atoms with Crippen LogP contribution in [0.3, 0.4) is 0 Å². The molecule has 112 valence electrons. The van der Waals surface area contributed by atoms with E-state index in [0.717, 1.165) is 19.4 Å². The molecule has 1 aliphatic heterocycles. The molecule has 0 saturated carbocycles. The van der Waals surface area contributed by atoms with Crippen molar-refractivity contribution < 1.29 is 13.2 Å². The summed E-state index contributed by atoms with van der Waals surface area (Å²) in [6.45, 7) is 1.76. The molecule has 2 rings (SSSR count). The third-order valence-electron chi connectivity index (χ3n) is 3.17. The van der Waals surface area contributed by atoms with Crippen LogP contribution in [0.25, 0.3) is 0 Å². The van der Waals surface area contributed by atoms with Crippen LogP contribution in [-0.4, -0.2) is 28.2 Å². The Bertz CT molecular complexity index is 563. The Labute approximate surface area is 128 Å². The van der Waals surface area contributed by atoms with Crippen LogP contribution in [0.2, 0.25) is 10.0 Å². The average molecular weight is 339 g/mol. The number of nitrogens with one attached hydrogen (secondary N) is 1. The first-order chi connectivity index (χ1) is 9.40. The molecule has 0 bridgehead atoms. The lowest BCUT2D eigenvalue weighted by Crippen LogP contribution is -2.27. The van der Waals surface area contributed by atoms with Crippen LogP contribution in [0.4, 0.5) is 5.69 Å². The number of nitrogens with two attached hydrogens (primary N) is 1. The first-order valence-corrected chi connectivity index (χ1v) is 8.46. The quantitative estimate of drug-likeness (QED) is 0.807. The molecule has 1 aromatic rings. The van der Waals surface area contributed by atoms with Crippen LogP contribution in [0.15, 0.2) is 17.0 Å². The Kier molecular flexibility index (Phi) is 5.14. The first kappa shape index (κ1) is 15.9. The summed E-state index contributed by atoms with van der Waals surface area (Å²) in [5.41, 5.74) is 5.74. The predicted octanol–water partition coefficient (Wildman–Crippen LogP) is 2.28. The molecule has 8 heteroatoms. The smallest absolute Gasteiger partial charge is 0.244 e. The van der Waals surface area contributed by atoms with Crippen LogP contribution >= 0.6 is 23.2 Å². The molecule has 1 unspecified atom stereocenters. The van der Waals surface area contributed by atoms with Gasteiger partial charge < -0.3 is 10.5 Å². The van der Waals surface area contributed by atoms with Gasteiger partial charge in [-0.05, 0) is 30.9 Å². The van der Waals surface area contributed by atoms with Gasteiger partial charge in [-0.3, -0.25) is 0 Å². The second-order valence-electron chi connectivity index (χ2n) is 4.72. The molecule has 3 N–H and O–H groups in total. The Morgan fingerprint density at radius 2 is 2.15 bits per heavy atom. The molecule has 5 nitrogen and oxygen atoms in total. The molecular weight excluding hydrogens is 323 g/mol. The van der Waals surface area contributed by atoms with Gasteiger partial charge >= 0.3 is 0 Å². The topological polar surface area (TPSA) is 81.4 Å². The van der Waals surface area contributed by atoms with Crippen molar-refractivity contribution in [3.63, 3.8) is 0 Å². The monoisotopic (exact) mass is 338 g/mol. The predicted molar refractivity (Wildman–Crippen MR) is 79.6 cm³/mol. The maximum absolute atomic E-state index is 12.2. The minimum Gasteiger partial charge on any atom is -0.398 e. The molecule has 1 heterocycles. The number of anilines is 1. The van der Waals surface area contributed by atoms with Gasteiger partial charge in [-0.2, -0.15) is 0 Å². The molecule has 0 radical (unpaired) electrons. The fraction of sp³-hybridized carbons (Fsp3) is 0.500. The van der Waals surface area contributed by atoms with E-state index in [-0.39, 0.29) is 15.6 Å². The minimum absolute atomic E-state index is 0.0201. The normalized spacial score (nSPS) is 19.4. The van der Waals surface area contributed by atoms with Gasteiger partial charge in [-0.1, -0.05) is 23.2 Å². The molecule has 1 atom stereocenters. The van der Waals surface area contributed by atoms with E-state index in [9.17, 15) is 8.42 Å². The maximum Gasteiger partial charge on any atom is 0.244 e. The lowest BCUT2D eigenvalue weighted by molar-refractivity contribution is 0.184. The number of sulfonamides is 1. The number of halogens is 2. The number of rotatable bonds is 5. The second kappa shape index (κ2) is 6.49. The fourth-order valence-electron chi connectivity index (χ4n) is 2.14. The molecule has 1 aromatic carbocycles. The Morgan fingerprint density at radius 1 is 1.40 bits per heavy atom. The Morgan fingerprint density at radius 3 is 2.75 bits per heavy atom. The summed E-state index contributed by atoms with van der Waals surface area (Å²) in [6, 6.07) is 2.73. The zero-order valence-corrected chi connectivity index (χ0v) is 13.1. The van der Waals surface area contributed by atoms with Crippen molar-refractivity contribution >= 4 is 38.9 Å². The molecule has 1 saturated heterocycles. The van der Waals surface area contributed by atoms with E-state index in [2.05, 4.69) is 4.72 Å². The van der Waals surface area contributed by atoms with Crippen molar-refractivity contribution in [1.29, 1.82) is 0 Å². The summed E-state index contributed by atoms with van der Waals surface area (Å²) < 4.78 is 32.2. The van der Waals surface area contributed by atoms with Crippen LogP contribution in [0.1, 0.15) is 12.8 Å². The fourth-order valence-corrected chi connectivity index (χ4v) is 4.17. The van der Waals surface area contributed by atoms with Crippen molar-refractivity contribution in [2.45, 2.75) is 17.7 Å². The Hall–Kier alpha value is -0.530. The van der Waals surface area contributed by atoms with Crippen LogP contribution in [0.5, 0.6) is 0 Å². The van der Waals surface area contributed by atoms with Crippen molar-refractivity contribution in [2.24, 2.45) is 5.92 Å². The third kappa shape index (κ3) is 3.77. The second-order valence-corrected chi connectivity index (χ2v) is 7.27. The molecular formula is C12H16Cl2N2O3S. The number of hydrogen-bond donors (Lipinski definition) is 2. The van der Waals surface area contributed by atoms with E-state index in [0.29, 0.717) is 24.1 Å². The van der Waals surface area contributed by atoms with Crippen molar-refractivity contribution in [3.05, 3.63) is 22.2 Å². The zero-order chi connectivity index (χ0) is 14.8. The molecule has 1 fully saturated rings. The van der Waals surface area contributed by atoms with E-state index in [1.807, 2.05) is 0 Å². The average Bonchev–Trinajstić information content (AvgIpc) is 2.79. The van der Waals surface area contributed by atoms with E-state index >= 15 is 0 Å². The highest BCUT2D eigenvalue weighted by Gasteiger charge is 2.23. The minimum atomic E-state index is -3.74. The van der Waals surface area contributed by atoms with Gasteiger partial charge in [0.15, 0.2) is 0 Å². The van der Waals surface area contributed by atoms with Crippen LogP contribution in [0, 0.1) is 5.92 Å². The molecule has 0 spiro atoms. The highest BCUT2D eigenvalue weighted by molar-refractivity contribution is 7.89. The van der Waals surface area contributed by atoms with E-state index in [4.69, 9.17) is 33.7 Å². The van der Waals surface area contributed by atoms with Crippen LogP contribution in [-0.2, 0) is 14.8 Å². The first-order valence-electron chi connectivity index (χ1n) is 6.22. The summed E-state index contributed by atoms with van der Waals surface area (Å²) in [7, 11) is -3.74. The van der Waals surface area contributed by atoms with Gasteiger partial charge in [0.2, 0.25) is 10.0 Å². The molecule has 0 aromatic heterocycles. The van der Waals surface area contributed by atoms with Crippen molar-refractivity contribution in [3.8, 4) is 0 Å². The highest BCUT2D eigenvalue weighted by atomic mass is 35.5. The third-order valence-corrected chi connectivity index (χ3v) is 5.38. The van der Waals surface area contributed by atoms with Gasteiger partial charge in [-0.15, -0.1) is 0 Å². The van der Waals surface area contributed by atoms with Crippen molar-refractivity contribution in [1.82, 2.24) is 4.72 Å². The maximum atomic E-state index is 12.2. The summed E-state index contributed by atoms with van der Waals surface area (Å²) in [4.78, 5) is -0.119. The summed E-state index contributed by atoms with van der Waals surface area (Å²) in [6.07, 6.45) is 1.69. The molecule has 1 aliphatic rings. The number of hydrogen-bond acceptors (Lipinski definition) is 4. The van der Waals surface area contributed by atoms with E-state index in [1.54, 1.807) is 0 Å². The van der Waals surface area contributed by atoms with Gasteiger partial charge in [0, 0.05) is 24.8 Å². The highest BCUT2D eigenvalue weighted by Crippen LogP contribution is 2.31. The van der Waals surface area contributed by atoms with E-state index < -0.39 is 10.0 Å². The lowest BCUT2D eigenvalue weighted by atomic mass is 10.1. The summed E-state index contributed by atoms with van der Waals surface area (Å²) in [5, 5.41) is 0.321. The van der Waals surface area contributed by atoms with Gasteiger partial charge in [-0.25, -0.2) is 13.1 Å². The summed E-state index contributed by atoms with van der Waals surface area (Å²) >= 11 is 11.7. The van der Waals surface area contributed by atoms with Crippen LogP contribution < -0.4 is 10.5 Å². The van der Waals surface area contributed by atoms with Gasteiger partial charge in [0.25, 0.3) is 0 Å². The zero-order valence-electron chi connectivity index (χ0n) is 10.7. The van der Waals surface area contributed by atoms with Crippen molar-refractivity contribution in [2.75, 3.05) is 25.5 Å². The Balaban J connectivity index is 2.06. The standard InChI is InChI=1S/C12H16Cl2N2O3S/c13-9-5-10(14)12(11(15)6-9)20(17,18)16-3-1-8-2-4-19-7-8/h5-6,8,16H,1-4,7,15H2. The van der Waals surface area contributed by atoms with E-state index in [1.165, 1.54) is 12.1 Å². The number of nitrogen functional groups attached to an aromatic ring is 1. The SMILES string of the molecule is Nc1cc(Cl)cc(Cl)c1S(=O)(=O)NCCC1CCOC1. The lowest BCUT2D eigenvalue weighted by Gasteiger charge is -2.12. The number of benzene rings is 1. The number of ether oxygens (including phenoxy) is 1. The molecule has 0 amide bonds. The molecule has 0 aliphatic carbocycles. The van der Waals surface area contributed by atoms with Gasteiger partial charge in [0.05, 0.1) is 10.7 Å². The van der Waals surface area contributed by atoms with Gasteiger partial charge in [0.1, 0.15) is 4.90 Å².